The van der Waals surface area contributed by atoms with Gasteiger partial charge in [-0.1, -0.05) is 13.3 Å². The number of nitrogens with zero attached hydrogens (tertiary/aromatic N) is 1. The number of carbonyl (C=O) groups is 1. The van der Waals surface area contributed by atoms with E-state index in [1.54, 1.807) is 0 Å². The van der Waals surface area contributed by atoms with Crippen molar-refractivity contribution in [2.45, 2.75) is 56.5 Å². The molecule has 0 bridgehead atoms. The molecule has 1 saturated carbocycles. The molecule has 0 aromatic carbocycles. The Hall–Kier alpha value is -0.220. The summed E-state index contributed by atoms with van der Waals surface area (Å²) < 4.78 is 0. The summed E-state index contributed by atoms with van der Waals surface area (Å²) in [6.07, 6.45) is 8.37. The summed E-state index contributed by atoms with van der Waals surface area (Å²) in [5.74, 6) is 0.310. The third kappa shape index (κ3) is 2.38. The molecule has 0 aromatic rings. The zero-order valence-electron chi connectivity index (χ0n) is 10.2. The van der Waals surface area contributed by atoms with Gasteiger partial charge in [0.25, 0.3) is 0 Å². The first kappa shape index (κ1) is 12.2. The zero-order chi connectivity index (χ0) is 11.5. The molecule has 1 saturated heterocycles. The Balaban J connectivity index is 1.98. The molecule has 0 spiro atoms. The Morgan fingerprint density at radius 1 is 1.50 bits per heavy atom. The average molecular weight is 242 g/mol. The van der Waals surface area contributed by atoms with Crippen molar-refractivity contribution in [1.82, 2.24) is 10.2 Å². The number of hydrogen-bond acceptors (Lipinski definition) is 3. The Labute approximate surface area is 102 Å². The minimum absolute atomic E-state index is 0.308. The van der Waals surface area contributed by atoms with Crippen molar-refractivity contribution < 1.29 is 4.79 Å². The minimum atomic E-state index is 0.308. The molecule has 3 unspecified atom stereocenters. The predicted octanol–water partition coefficient (Wildman–Crippen LogP) is 1.83. The lowest BCUT2D eigenvalue weighted by atomic mass is 10.1. The van der Waals surface area contributed by atoms with Crippen molar-refractivity contribution in [2.75, 3.05) is 12.8 Å². The predicted molar refractivity (Wildman–Crippen MR) is 68.5 cm³/mol. The van der Waals surface area contributed by atoms with E-state index in [4.69, 9.17) is 0 Å². The summed E-state index contributed by atoms with van der Waals surface area (Å²) in [6.45, 7) is 2.73. The second kappa shape index (κ2) is 5.41. The fourth-order valence-corrected chi connectivity index (χ4v) is 3.71. The van der Waals surface area contributed by atoms with Crippen LogP contribution in [0.4, 0.5) is 0 Å². The fraction of sp³-hybridized carbons (Fsp3) is 0.917. The third-order valence-electron chi connectivity index (χ3n) is 3.76. The molecule has 16 heavy (non-hydrogen) atoms. The Bertz CT molecular complexity index is 259. The van der Waals surface area contributed by atoms with Crippen molar-refractivity contribution in [3.63, 3.8) is 0 Å². The molecule has 2 rings (SSSR count). The molecule has 1 aliphatic heterocycles. The van der Waals surface area contributed by atoms with Crippen LogP contribution in [0.5, 0.6) is 0 Å². The Morgan fingerprint density at radius 2 is 2.31 bits per heavy atom. The van der Waals surface area contributed by atoms with Gasteiger partial charge in [-0.25, -0.2) is 0 Å². The number of thioether (sulfide) groups is 1. The van der Waals surface area contributed by atoms with Crippen LogP contribution >= 0.6 is 11.8 Å². The lowest BCUT2D eigenvalue weighted by molar-refractivity contribution is -0.130. The van der Waals surface area contributed by atoms with Crippen molar-refractivity contribution >= 4 is 17.7 Å². The van der Waals surface area contributed by atoms with Crippen LogP contribution in [0.15, 0.2) is 0 Å². The fourth-order valence-electron chi connectivity index (χ4n) is 2.93. The molecular formula is C12H22N2OS. The van der Waals surface area contributed by atoms with Gasteiger partial charge in [-0.15, -0.1) is 0 Å². The number of amides is 1. The summed E-state index contributed by atoms with van der Waals surface area (Å²) in [4.78, 5) is 14.0. The highest BCUT2D eigenvalue weighted by Crippen LogP contribution is 2.33. The zero-order valence-corrected chi connectivity index (χ0v) is 11.1. The summed E-state index contributed by atoms with van der Waals surface area (Å²) >= 11 is 1.95. The van der Waals surface area contributed by atoms with Crippen molar-refractivity contribution in [2.24, 2.45) is 0 Å². The summed E-state index contributed by atoms with van der Waals surface area (Å²) in [5.41, 5.74) is 0. The molecule has 2 fully saturated rings. The number of nitrogens with one attached hydrogen (secondary N) is 1. The molecule has 1 amide bonds. The van der Waals surface area contributed by atoms with Gasteiger partial charge in [0.2, 0.25) is 5.91 Å². The molecule has 3 nitrogen and oxygen atoms in total. The van der Waals surface area contributed by atoms with E-state index < -0.39 is 0 Å². The first-order valence-electron chi connectivity index (χ1n) is 6.33. The van der Waals surface area contributed by atoms with Crippen LogP contribution in [-0.2, 0) is 4.79 Å². The largest absolute Gasteiger partial charge is 0.323 e. The van der Waals surface area contributed by atoms with E-state index >= 15 is 0 Å². The van der Waals surface area contributed by atoms with Crippen molar-refractivity contribution in [3.05, 3.63) is 0 Å². The third-order valence-corrected chi connectivity index (χ3v) is 4.85. The standard InChI is InChI=1S/C12H22N2OS/c1-3-4-11-13-8-12(15)14(11)9-5-6-10(7-9)16-2/h9-11,13H,3-8H2,1-2H3. The van der Waals surface area contributed by atoms with Crippen molar-refractivity contribution in [1.29, 1.82) is 0 Å². The molecule has 2 aliphatic rings. The van der Waals surface area contributed by atoms with Crippen LogP contribution in [0.1, 0.15) is 39.0 Å². The first-order chi connectivity index (χ1) is 7.76. The maximum Gasteiger partial charge on any atom is 0.238 e. The van der Waals surface area contributed by atoms with Gasteiger partial charge in [-0.05, 0) is 31.9 Å². The first-order valence-corrected chi connectivity index (χ1v) is 7.62. The maximum atomic E-state index is 11.9. The lowest BCUT2D eigenvalue weighted by Crippen LogP contribution is -2.43. The van der Waals surface area contributed by atoms with E-state index in [9.17, 15) is 4.79 Å². The van der Waals surface area contributed by atoms with Gasteiger partial charge in [0.1, 0.15) is 0 Å². The van der Waals surface area contributed by atoms with E-state index in [2.05, 4.69) is 23.4 Å². The second-order valence-corrected chi connectivity index (χ2v) is 5.95. The SMILES string of the molecule is CCCC1NCC(=O)N1C1CCC(SC)C1. The molecule has 92 valence electrons. The maximum absolute atomic E-state index is 11.9. The average Bonchev–Trinajstić information content (AvgIpc) is 2.86. The molecule has 1 N–H and O–H groups in total. The van der Waals surface area contributed by atoms with Gasteiger partial charge in [-0.3, -0.25) is 10.1 Å². The van der Waals surface area contributed by atoms with Crippen LogP contribution < -0.4 is 5.32 Å². The van der Waals surface area contributed by atoms with Crippen LogP contribution in [0.3, 0.4) is 0 Å². The molecule has 0 radical (unpaired) electrons. The van der Waals surface area contributed by atoms with E-state index in [1.165, 1.54) is 19.3 Å². The van der Waals surface area contributed by atoms with Crippen LogP contribution in [0, 0.1) is 0 Å². The van der Waals surface area contributed by atoms with Gasteiger partial charge in [0, 0.05) is 11.3 Å². The van der Waals surface area contributed by atoms with Gasteiger partial charge in [-0.2, -0.15) is 11.8 Å². The molecule has 1 heterocycles. The minimum Gasteiger partial charge on any atom is -0.323 e. The summed E-state index contributed by atoms with van der Waals surface area (Å²) in [5, 5.41) is 4.10. The summed E-state index contributed by atoms with van der Waals surface area (Å²) in [7, 11) is 0. The van der Waals surface area contributed by atoms with Crippen LogP contribution in [0.25, 0.3) is 0 Å². The Morgan fingerprint density at radius 3 is 2.94 bits per heavy atom. The topological polar surface area (TPSA) is 32.3 Å². The number of hydrogen-bond donors (Lipinski definition) is 1. The molecule has 4 heteroatoms. The number of carbonyl (C=O) groups excluding carboxylic acids is 1. The van der Waals surface area contributed by atoms with Gasteiger partial charge >= 0.3 is 0 Å². The second-order valence-electron chi connectivity index (χ2n) is 4.81. The molecule has 0 aromatic heterocycles. The van der Waals surface area contributed by atoms with E-state index in [0.717, 1.165) is 18.1 Å². The highest BCUT2D eigenvalue weighted by atomic mass is 32.2. The van der Waals surface area contributed by atoms with E-state index in [0.29, 0.717) is 24.7 Å². The highest BCUT2D eigenvalue weighted by molar-refractivity contribution is 7.99. The Kier molecular flexibility index (Phi) is 4.14. The normalized spacial score (nSPS) is 35.0. The lowest BCUT2D eigenvalue weighted by Gasteiger charge is -2.30. The van der Waals surface area contributed by atoms with Crippen molar-refractivity contribution in [3.8, 4) is 0 Å². The van der Waals surface area contributed by atoms with Gasteiger partial charge in [0.15, 0.2) is 0 Å². The van der Waals surface area contributed by atoms with Gasteiger partial charge in [0.05, 0.1) is 12.7 Å². The molecule has 1 aliphatic carbocycles. The monoisotopic (exact) mass is 242 g/mol. The summed E-state index contributed by atoms with van der Waals surface area (Å²) in [6, 6.07) is 0.497. The van der Waals surface area contributed by atoms with E-state index in [-0.39, 0.29) is 0 Å². The molecular weight excluding hydrogens is 220 g/mol. The van der Waals surface area contributed by atoms with E-state index in [1.807, 2.05) is 11.8 Å². The van der Waals surface area contributed by atoms with Crippen LogP contribution in [0.2, 0.25) is 0 Å². The van der Waals surface area contributed by atoms with Crippen LogP contribution in [-0.4, -0.2) is 41.1 Å². The quantitative estimate of drug-likeness (QED) is 0.816. The smallest absolute Gasteiger partial charge is 0.238 e. The number of rotatable bonds is 4. The molecule has 3 atom stereocenters. The highest BCUT2D eigenvalue weighted by Gasteiger charge is 2.38. The van der Waals surface area contributed by atoms with Gasteiger partial charge < -0.3 is 4.90 Å².